The molecule has 0 saturated heterocycles. The average molecular weight is 232 g/mol. The molecule has 0 aliphatic rings. The molecule has 0 aliphatic carbocycles. The van der Waals surface area contributed by atoms with E-state index in [1.54, 1.807) is 37.1 Å². The van der Waals surface area contributed by atoms with Crippen LogP contribution in [0.3, 0.4) is 0 Å². The number of nitriles is 1. The Hall–Kier alpha value is -2.22. The number of amides is 1. The second-order valence-electron chi connectivity index (χ2n) is 4.02. The van der Waals surface area contributed by atoms with E-state index >= 15 is 0 Å². The molecule has 5 heteroatoms. The summed E-state index contributed by atoms with van der Waals surface area (Å²) in [4.78, 5) is 13.1. The standard InChI is InChI=1S/C12H16N4O/c1-8(6-13)7-16(2)11-9(12(15)17)4-3-5-10(11)14/h3-5,8H,7,14H2,1-2H3,(H2,15,17). The normalized spacial score (nSPS) is 11.6. The van der Waals surface area contributed by atoms with Gasteiger partial charge in [0.15, 0.2) is 0 Å². The van der Waals surface area contributed by atoms with Gasteiger partial charge < -0.3 is 16.4 Å². The Morgan fingerprint density at radius 1 is 1.59 bits per heavy atom. The molecule has 1 amide bonds. The molecule has 1 unspecified atom stereocenters. The van der Waals surface area contributed by atoms with Crippen LogP contribution in [0, 0.1) is 17.2 Å². The van der Waals surface area contributed by atoms with Gasteiger partial charge >= 0.3 is 0 Å². The lowest BCUT2D eigenvalue weighted by molar-refractivity contribution is 0.100. The molecular formula is C12H16N4O. The maximum Gasteiger partial charge on any atom is 0.250 e. The molecule has 0 aromatic heterocycles. The van der Waals surface area contributed by atoms with Crippen LogP contribution in [-0.4, -0.2) is 19.5 Å². The SMILES string of the molecule is CC(C#N)CN(C)c1c(N)cccc1C(N)=O. The van der Waals surface area contributed by atoms with Crippen molar-refractivity contribution in [1.82, 2.24) is 0 Å². The summed E-state index contributed by atoms with van der Waals surface area (Å²) in [6.07, 6.45) is 0. The van der Waals surface area contributed by atoms with E-state index in [4.69, 9.17) is 16.7 Å². The minimum atomic E-state index is -0.524. The predicted molar refractivity (Wildman–Crippen MR) is 67.4 cm³/mol. The maximum atomic E-state index is 11.3. The lowest BCUT2D eigenvalue weighted by atomic mass is 10.1. The first-order chi connectivity index (χ1) is 7.97. The van der Waals surface area contributed by atoms with E-state index in [0.717, 1.165) is 0 Å². The molecule has 0 aliphatic heterocycles. The second-order valence-corrected chi connectivity index (χ2v) is 4.02. The topological polar surface area (TPSA) is 96.1 Å². The van der Waals surface area contributed by atoms with Crippen molar-refractivity contribution in [3.05, 3.63) is 23.8 Å². The van der Waals surface area contributed by atoms with Gasteiger partial charge in [-0.1, -0.05) is 6.07 Å². The van der Waals surface area contributed by atoms with Gasteiger partial charge in [0.1, 0.15) is 0 Å². The Kier molecular flexibility index (Phi) is 3.94. The summed E-state index contributed by atoms with van der Waals surface area (Å²) in [6, 6.07) is 7.15. The summed E-state index contributed by atoms with van der Waals surface area (Å²) in [5, 5.41) is 8.78. The highest BCUT2D eigenvalue weighted by Gasteiger charge is 2.16. The van der Waals surface area contributed by atoms with Gasteiger partial charge in [-0.15, -0.1) is 0 Å². The lowest BCUT2D eigenvalue weighted by Gasteiger charge is -2.24. The zero-order valence-electron chi connectivity index (χ0n) is 9.97. The second kappa shape index (κ2) is 5.21. The third kappa shape index (κ3) is 2.88. The monoisotopic (exact) mass is 232 g/mol. The maximum absolute atomic E-state index is 11.3. The number of carbonyl (C=O) groups excluding carboxylic acids is 1. The van der Waals surface area contributed by atoms with E-state index in [-0.39, 0.29) is 5.92 Å². The van der Waals surface area contributed by atoms with Crippen LogP contribution in [0.15, 0.2) is 18.2 Å². The van der Waals surface area contributed by atoms with Crippen LogP contribution in [0.2, 0.25) is 0 Å². The number of carbonyl (C=O) groups is 1. The summed E-state index contributed by atoms with van der Waals surface area (Å²) in [5.74, 6) is -0.677. The van der Waals surface area contributed by atoms with Crippen LogP contribution < -0.4 is 16.4 Å². The van der Waals surface area contributed by atoms with Gasteiger partial charge in [-0.2, -0.15) is 5.26 Å². The van der Waals surface area contributed by atoms with Crippen LogP contribution in [0.1, 0.15) is 17.3 Å². The molecule has 90 valence electrons. The van der Waals surface area contributed by atoms with Crippen molar-refractivity contribution in [2.75, 3.05) is 24.2 Å². The molecule has 1 aromatic rings. The van der Waals surface area contributed by atoms with Crippen molar-refractivity contribution >= 4 is 17.3 Å². The molecular weight excluding hydrogens is 216 g/mol. The van der Waals surface area contributed by atoms with Crippen LogP contribution in [0.25, 0.3) is 0 Å². The van der Waals surface area contributed by atoms with Crippen molar-refractivity contribution < 1.29 is 4.79 Å². The van der Waals surface area contributed by atoms with E-state index < -0.39 is 5.91 Å². The number of benzene rings is 1. The van der Waals surface area contributed by atoms with Crippen LogP contribution >= 0.6 is 0 Å². The van der Waals surface area contributed by atoms with Crippen molar-refractivity contribution in [3.8, 4) is 6.07 Å². The van der Waals surface area contributed by atoms with Gasteiger partial charge in [0.2, 0.25) is 0 Å². The quantitative estimate of drug-likeness (QED) is 0.756. The molecule has 0 fully saturated rings. The smallest absolute Gasteiger partial charge is 0.250 e. The van der Waals surface area contributed by atoms with Crippen LogP contribution in [-0.2, 0) is 0 Å². The highest BCUT2D eigenvalue weighted by atomic mass is 16.1. The van der Waals surface area contributed by atoms with Gasteiger partial charge in [0.25, 0.3) is 5.91 Å². The van der Waals surface area contributed by atoms with Gasteiger partial charge in [-0.25, -0.2) is 0 Å². The van der Waals surface area contributed by atoms with E-state index in [9.17, 15) is 4.79 Å². The van der Waals surface area contributed by atoms with Crippen LogP contribution in [0.5, 0.6) is 0 Å². The molecule has 1 aromatic carbocycles. The third-order valence-electron chi connectivity index (χ3n) is 2.48. The zero-order valence-corrected chi connectivity index (χ0v) is 9.97. The van der Waals surface area contributed by atoms with E-state index in [1.807, 2.05) is 0 Å². The molecule has 0 radical (unpaired) electrons. The third-order valence-corrected chi connectivity index (χ3v) is 2.48. The fourth-order valence-electron chi connectivity index (χ4n) is 1.73. The largest absolute Gasteiger partial charge is 0.397 e. The zero-order chi connectivity index (χ0) is 13.0. The Labute approximate surface area is 101 Å². The Balaban J connectivity index is 3.12. The van der Waals surface area contributed by atoms with Crippen LogP contribution in [0.4, 0.5) is 11.4 Å². The van der Waals surface area contributed by atoms with Crippen molar-refractivity contribution in [1.29, 1.82) is 5.26 Å². The molecule has 1 atom stereocenters. The fraction of sp³-hybridized carbons (Fsp3) is 0.333. The Morgan fingerprint density at radius 2 is 2.24 bits per heavy atom. The number of anilines is 2. The molecule has 4 N–H and O–H groups in total. The minimum Gasteiger partial charge on any atom is -0.397 e. The average Bonchev–Trinajstić information content (AvgIpc) is 2.28. The van der Waals surface area contributed by atoms with Gasteiger partial charge in [-0.3, -0.25) is 4.79 Å². The van der Waals surface area contributed by atoms with Crippen molar-refractivity contribution in [2.24, 2.45) is 11.7 Å². The van der Waals surface area contributed by atoms with E-state index in [0.29, 0.717) is 23.5 Å². The first-order valence-electron chi connectivity index (χ1n) is 5.26. The highest BCUT2D eigenvalue weighted by molar-refractivity contribution is 6.01. The molecule has 0 heterocycles. The van der Waals surface area contributed by atoms with Crippen molar-refractivity contribution in [3.63, 3.8) is 0 Å². The summed E-state index contributed by atoms with van der Waals surface area (Å²) in [6.45, 7) is 2.30. The molecule has 0 spiro atoms. The number of rotatable bonds is 4. The Bertz CT molecular complexity index is 464. The number of para-hydroxylation sites is 1. The van der Waals surface area contributed by atoms with E-state index in [1.165, 1.54) is 0 Å². The fourth-order valence-corrected chi connectivity index (χ4v) is 1.73. The van der Waals surface area contributed by atoms with Gasteiger partial charge in [0, 0.05) is 13.6 Å². The summed E-state index contributed by atoms with van der Waals surface area (Å²) < 4.78 is 0. The molecule has 5 nitrogen and oxygen atoms in total. The number of nitrogen functional groups attached to an aromatic ring is 1. The van der Waals surface area contributed by atoms with E-state index in [2.05, 4.69) is 6.07 Å². The molecule has 0 bridgehead atoms. The predicted octanol–water partition coefficient (Wildman–Crippen LogP) is 0.964. The van der Waals surface area contributed by atoms with Gasteiger partial charge in [-0.05, 0) is 19.1 Å². The molecule has 1 rings (SSSR count). The summed E-state index contributed by atoms with van der Waals surface area (Å²) in [7, 11) is 1.78. The minimum absolute atomic E-state index is 0.152. The summed E-state index contributed by atoms with van der Waals surface area (Å²) in [5.41, 5.74) is 12.6. The molecule has 0 saturated carbocycles. The number of nitrogens with zero attached hydrogens (tertiary/aromatic N) is 2. The highest BCUT2D eigenvalue weighted by Crippen LogP contribution is 2.27. The number of hydrogen-bond donors (Lipinski definition) is 2. The first kappa shape index (κ1) is 12.8. The summed E-state index contributed by atoms with van der Waals surface area (Å²) >= 11 is 0. The molecule has 17 heavy (non-hydrogen) atoms. The van der Waals surface area contributed by atoms with Crippen molar-refractivity contribution in [2.45, 2.75) is 6.92 Å². The first-order valence-corrected chi connectivity index (χ1v) is 5.26. The number of nitrogens with two attached hydrogens (primary N) is 2. The lowest BCUT2D eigenvalue weighted by Crippen LogP contribution is -2.27. The number of hydrogen-bond acceptors (Lipinski definition) is 4. The van der Waals surface area contributed by atoms with Gasteiger partial charge in [0.05, 0.1) is 28.9 Å². The Morgan fingerprint density at radius 3 is 2.76 bits per heavy atom. The number of primary amides is 1.